The molecule has 12 heavy (non-hydrogen) atoms. The maximum absolute atomic E-state index is 11.6. The predicted molar refractivity (Wildman–Crippen MR) is 47.4 cm³/mol. The highest BCUT2D eigenvalue weighted by atomic mass is 16.2. The second-order valence-corrected chi connectivity index (χ2v) is 3.46. The molecule has 0 aromatic rings. The summed E-state index contributed by atoms with van der Waals surface area (Å²) in [6.07, 6.45) is 0. The van der Waals surface area contributed by atoms with Crippen molar-refractivity contribution in [2.45, 2.75) is 33.4 Å². The van der Waals surface area contributed by atoms with Crippen molar-refractivity contribution in [3.05, 3.63) is 0 Å². The van der Waals surface area contributed by atoms with Gasteiger partial charge in [0.25, 0.3) is 0 Å². The molecule has 0 radical (unpaired) electrons. The predicted octanol–water partition coefficient (Wildman–Crippen LogP) is 1.00. The van der Waals surface area contributed by atoms with Gasteiger partial charge in [-0.25, -0.2) is 15.2 Å². The van der Waals surface area contributed by atoms with Gasteiger partial charge in [0.1, 0.15) is 5.66 Å². The van der Waals surface area contributed by atoms with E-state index in [1.807, 2.05) is 27.7 Å². The molecular formula is C8H17N3O. The lowest BCUT2D eigenvalue weighted by atomic mass is 10.3. The van der Waals surface area contributed by atoms with Crippen molar-refractivity contribution >= 4 is 6.03 Å². The van der Waals surface area contributed by atoms with Gasteiger partial charge >= 0.3 is 6.03 Å². The number of hydrazine groups is 1. The number of nitrogens with zero attached hydrogens (tertiary/aromatic N) is 2. The van der Waals surface area contributed by atoms with Crippen LogP contribution in [0.15, 0.2) is 0 Å². The van der Waals surface area contributed by atoms with Crippen LogP contribution in [0, 0.1) is 0 Å². The minimum Gasteiger partial charge on any atom is -0.324 e. The fourth-order valence-electron chi connectivity index (χ4n) is 1.17. The van der Waals surface area contributed by atoms with Crippen LogP contribution >= 0.6 is 0 Å². The Morgan fingerprint density at radius 2 is 1.83 bits per heavy atom. The molecule has 70 valence electrons. The third-order valence-electron chi connectivity index (χ3n) is 2.12. The molecule has 0 atom stereocenters. The van der Waals surface area contributed by atoms with Crippen molar-refractivity contribution in [1.82, 2.24) is 15.3 Å². The van der Waals surface area contributed by atoms with Crippen LogP contribution in [-0.4, -0.2) is 34.7 Å². The summed E-state index contributed by atoms with van der Waals surface area (Å²) in [4.78, 5) is 13.4. The van der Waals surface area contributed by atoms with Crippen LogP contribution in [0.1, 0.15) is 27.7 Å². The molecule has 1 aliphatic rings. The van der Waals surface area contributed by atoms with Crippen LogP contribution in [0.2, 0.25) is 0 Å². The molecular weight excluding hydrogens is 154 g/mol. The largest absolute Gasteiger partial charge is 0.336 e. The van der Waals surface area contributed by atoms with Crippen molar-refractivity contribution < 1.29 is 4.79 Å². The zero-order valence-corrected chi connectivity index (χ0v) is 8.22. The van der Waals surface area contributed by atoms with E-state index in [-0.39, 0.29) is 11.7 Å². The zero-order chi connectivity index (χ0) is 9.35. The molecule has 0 unspecified atom stereocenters. The molecule has 1 N–H and O–H groups in total. The van der Waals surface area contributed by atoms with Gasteiger partial charge in [0.2, 0.25) is 0 Å². The summed E-state index contributed by atoms with van der Waals surface area (Å²) in [7, 11) is 0. The molecule has 4 heteroatoms. The molecule has 0 bridgehead atoms. The fraction of sp³-hybridized carbons (Fsp3) is 0.875. The minimum atomic E-state index is -0.139. The first-order valence-electron chi connectivity index (χ1n) is 4.40. The Hall–Kier alpha value is -0.770. The molecule has 0 aromatic carbocycles. The lowest BCUT2D eigenvalue weighted by molar-refractivity contribution is 0.181. The van der Waals surface area contributed by atoms with E-state index in [1.165, 1.54) is 0 Å². The zero-order valence-electron chi connectivity index (χ0n) is 8.22. The topological polar surface area (TPSA) is 45.3 Å². The Morgan fingerprint density at radius 3 is 2.08 bits per heavy atom. The first-order chi connectivity index (χ1) is 5.53. The van der Waals surface area contributed by atoms with Crippen molar-refractivity contribution in [2.24, 2.45) is 0 Å². The lowest BCUT2D eigenvalue weighted by Crippen LogP contribution is -2.36. The van der Waals surface area contributed by atoms with Crippen LogP contribution in [0.3, 0.4) is 0 Å². The summed E-state index contributed by atoms with van der Waals surface area (Å²) in [6, 6.07) is 0.0741. The molecule has 1 saturated heterocycles. The third kappa shape index (κ3) is 1.53. The second-order valence-electron chi connectivity index (χ2n) is 3.46. The van der Waals surface area contributed by atoms with Gasteiger partial charge in [-0.05, 0) is 27.7 Å². The van der Waals surface area contributed by atoms with Crippen molar-refractivity contribution in [3.8, 4) is 0 Å². The highest BCUT2D eigenvalue weighted by molar-refractivity contribution is 5.76. The van der Waals surface area contributed by atoms with E-state index in [2.05, 4.69) is 5.43 Å². The molecule has 1 fully saturated rings. The van der Waals surface area contributed by atoms with Crippen LogP contribution in [0.4, 0.5) is 4.79 Å². The number of carbonyl (C=O) groups is 1. The van der Waals surface area contributed by atoms with Gasteiger partial charge in [0.05, 0.1) is 0 Å². The number of rotatable bonds is 2. The summed E-state index contributed by atoms with van der Waals surface area (Å²) in [6.45, 7) is 9.46. The van der Waals surface area contributed by atoms with Gasteiger partial charge in [-0.15, -0.1) is 0 Å². The van der Waals surface area contributed by atoms with Gasteiger partial charge in [0, 0.05) is 13.1 Å². The number of hydrogen-bond acceptors (Lipinski definition) is 2. The molecule has 0 spiro atoms. The van der Waals surface area contributed by atoms with Gasteiger partial charge in [0.15, 0.2) is 0 Å². The quantitative estimate of drug-likeness (QED) is 0.630. The summed E-state index contributed by atoms with van der Waals surface area (Å²) in [5.41, 5.74) is 2.86. The Kier molecular flexibility index (Phi) is 2.28. The molecule has 1 aliphatic heterocycles. The molecule has 0 saturated carbocycles. The summed E-state index contributed by atoms with van der Waals surface area (Å²) < 4.78 is 0. The molecule has 0 aliphatic carbocycles. The van der Waals surface area contributed by atoms with Gasteiger partial charge in [-0.1, -0.05) is 0 Å². The van der Waals surface area contributed by atoms with Gasteiger partial charge in [-0.3, -0.25) is 0 Å². The van der Waals surface area contributed by atoms with E-state index in [9.17, 15) is 4.79 Å². The highest BCUT2D eigenvalue weighted by Crippen LogP contribution is 2.24. The number of carbonyl (C=O) groups excluding carboxylic acids is 1. The van der Waals surface area contributed by atoms with E-state index in [1.54, 1.807) is 9.91 Å². The first-order valence-corrected chi connectivity index (χ1v) is 4.40. The van der Waals surface area contributed by atoms with Crippen LogP contribution in [0.5, 0.6) is 0 Å². The Balaban J connectivity index is 2.49. The maximum Gasteiger partial charge on any atom is 0.336 e. The Labute approximate surface area is 73.5 Å². The van der Waals surface area contributed by atoms with Crippen LogP contribution < -0.4 is 5.43 Å². The summed E-state index contributed by atoms with van der Waals surface area (Å²) >= 11 is 0. The molecule has 2 amide bonds. The van der Waals surface area contributed by atoms with E-state index < -0.39 is 0 Å². The summed E-state index contributed by atoms with van der Waals surface area (Å²) in [5, 5.41) is 1.65. The molecule has 1 rings (SSSR count). The van der Waals surface area contributed by atoms with E-state index in [0.717, 1.165) is 13.1 Å². The van der Waals surface area contributed by atoms with Gasteiger partial charge < -0.3 is 4.90 Å². The normalized spacial score (nSPS) is 19.2. The third-order valence-corrected chi connectivity index (χ3v) is 2.12. The van der Waals surface area contributed by atoms with Crippen LogP contribution in [0.25, 0.3) is 0 Å². The number of amides is 2. The monoisotopic (exact) mass is 171 g/mol. The number of urea groups is 1. The van der Waals surface area contributed by atoms with E-state index >= 15 is 0 Å². The SMILES string of the molecule is CCN(CC)C(=O)N1NC1(C)C. The maximum atomic E-state index is 11.6. The highest BCUT2D eigenvalue weighted by Gasteiger charge is 2.47. The average molecular weight is 171 g/mol. The van der Waals surface area contributed by atoms with E-state index in [4.69, 9.17) is 0 Å². The molecule has 1 heterocycles. The van der Waals surface area contributed by atoms with Crippen molar-refractivity contribution in [3.63, 3.8) is 0 Å². The number of nitrogens with one attached hydrogen (secondary N) is 1. The van der Waals surface area contributed by atoms with Crippen LogP contribution in [-0.2, 0) is 0 Å². The number of hydrogen-bond donors (Lipinski definition) is 1. The summed E-state index contributed by atoms with van der Waals surface area (Å²) in [5.74, 6) is 0. The standard InChI is InChI=1S/C8H17N3O/c1-5-10(6-2)7(12)11-8(3,4)9-11/h9H,5-6H2,1-4H3. The molecule has 4 nitrogen and oxygen atoms in total. The smallest absolute Gasteiger partial charge is 0.324 e. The fourth-order valence-corrected chi connectivity index (χ4v) is 1.17. The van der Waals surface area contributed by atoms with E-state index in [0.29, 0.717) is 0 Å². The second kappa shape index (κ2) is 2.94. The Bertz CT molecular complexity index is 183. The Morgan fingerprint density at radius 1 is 1.42 bits per heavy atom. The first kappa shape index (κ1) is 9.32. The van der Waals surface area contributed by atoms with Gasteiger partial charge in [-0.2, -0.15) is 0 Å². The minimum absolute atomic E-state index is 0.0741. The average Bonchev–Trinajstić information content (AvgIpc) is 2.62. The lowest BCUT2D eigenvalue weighted by Gasteiger charge is -2.18. The van der Waals surface area contributed by atoms with Crippen molar-refractivity contribution in [1.29, 1.82) is 0 Å². The van der Waals surface area contributed by atoms with Crippen molar-refractivity contribution in [2.75, 3.05) is 13.1 Å². The molecule has 0 aromatic heterocycles.